The molecule has 116 valence electrons. The number of ketones is 1. The van der Waals surface area contributed by atoms with Crippen LogP contribution in [-0.4, -0.2) is 16.9 Å². The predicted octanol–water partition coefficient (Wildman–Crippen LogP) is 4.31. The van der Waals surface area contributed by atoms with Gasteiger partial charge in [-0.25, -0.2) is 4.79 Å². The average Bonchev–Trinajstić information content (AvgIpc) is 2.28. The number of Topliss-reactive ketones (excluding diaryl/α,β-unsaturated/α-hetero) is 1. The Morgan fingerprint density at radius 1 is 1.00 bits per heavy atom. The van der Waals surface area contributed by atoms with Gasteiger partial charge in [0.2, 0.25) is 0 Å². The molecule has 0 aromatic heterocycles. The summed E-state index contributed by atoms with van der Waals surface area (Å²) in [6.07, 6.45) is 3.94. The molecule has 0 aromatic rings. The summed E-state index contributed by atoms with van der Waals surface area (Å²) < 4.78 is 0. The van der Waals surface area contributed by atoms with Crippen LogP contribution in [0.25, 0.3) is 0 Å². The molecule has 0 radical (unpaired) electrons. The first-order chi connectivity index (χ1) is 9.39. The number of allylic oxidation sites excluding steroid dienone is 5. The van der Waals surface area contributed by atoms with Crippen molar-refractivity contribution in [3.05, 3.63) is 34.4 Å². The smallest absolute Gasteiger partial charge is 0.332 e. The SMILES string of the molecule is CCC(C(=O)O)=C1C=C(C(C)(C)C)C(=O)C(C(C)(C)C)=C1. The molecule has 3 heteroatoms. The van der Waals surface area contributed by atoms with Gasteiger partial charge in [-0.3, -0.25) is 4.79 Å². The van der Waals surface area contributed by atoms with E-state index in [4.69, 9.17) is 0 Å². The summed E-state index contributed by atoms with van der Waals surface area (Å²) in [4.78, 5) is 24.2. The van der Waals surface area contributed by atoms with Gasteiger partial charge in [-0.15, -0.1) is 0 Å². The van der Waals surface area contributed by atoms with E-state index >= 15 is 0 Å². The summed E-state index contributed by atoms with van der Waals surface area (Å²) in [5, 5.41) is 9.37. The first-order valence-electron chi connectivity index (χ1n) is 7.35. The number of carbonyl (C=O) groups excluding carboxylic acids is 1. The quantitative estimate of drug-likeness (QED) is 0.771. The fraction of sp³-hybridized carbons (Fsp3) is 0.556. The monoisotopic (exact) mass is 290 g/mol. The highest BCUT2D eigenvalue weighted by Crippen LogP contribution is 2.39. The summed E-state index contributed by atoms with van der Waals surface area (Å²) in [6, 6.07) is 0. The first-order valence-corrected chi connectivity index (χ1v) is 7.35. The third-order valence-electron chi connectivity index (χ3n) is 3.67. The lowest BCUT2D eigenvalue weighted by Gasteiger charge is -2.31. The van der Waals surface area contributed by atoms with Crippen LogP contribution in [-0.2, 0) is 9.59 Å². The Kier molecular flexibility index (Phi) is 4.66. The Balaban J connectivity index is 3.64. The van der Waals surface area contributed by atoms with E-state index in [1.54, 1.807) is 12.2 Å². The van der Waals surface area contributed by atoms with Crippen molar-refractivity contribution >= 4 is 11.8 Å². The minimum absolute atomic E-state index is 0.0274. The fourth-order valence-electron chi connectivity index (χ4n) is 2.40. The molecule has 0 saturated heterocycles. The number of hydrogen-bond donors (Lipinski definition) is 1. The van der Waals surface area contributed by atoms with E-state index < -0.39 is 5.97 Å². The zero-order valence-electron chi connectivity index (χ0n) is 14.1. The Hall–Kier alpha value is -1.64. The second kappa shape index (κ2) is 5.63. The molecule has 3 nitrogen and oxygen atoms in total. The largest absolute Gasteiger partial charge is 0.478 e. The number of carboxylic acid groups (broad SMARTS) is 1. The van der Waals surface area contributed by atoms with Crippen molar-refractivity contribution in [1.82, 2.24) is 0 Å². The highest BCUT2D eigenvalue weighted by atomic mass is 16.4. The zero-order chi connectivity index (χ0) is 16.6. The minimum atomic E-state index is -0.920. The molecule has 0 atom stereocenters. The molecule has 0 unspecified atom stereocenters. The molecule has 1 N–H and O–H groups in total. The number of rotatable bonds is 2. The van der Waals surface area contributed by atoms with Crippen molar-refractivity contribution in [2.75, 3.05) is 0 Å². The topological polar surface area (TPSA) is 54.4 Å². The van der Waals surface area contributed by atoms with Gasteiger partial charge in [0.15, 0.2) is 5.78 Å². The zero-order valence-corrected chi connectivity index (χ0v) is 14.1. The predicted molar refractivity (Wildman–Crippen MR) is 85.0 cm³/mol. The van der Waals surface area contributed by atoms with Crippen LogP contribution in [0.15, 0.2) is 34.4 Å². The van der Waals surface area contributed by atoms with E-state index in [1.165, 1.54) is 0 Å². The lowest BCUT2D eigenvalue weighted by molar-refractivity contribution is -0.132. The van der Waals surface area contributed by atoms with Gasteiger partial charge in [-0.05, 0) is 35.0 Å². The number of hydrogen-bond acceptors (Lipinski definition) is 2. The third-order valence-corrected chi connectivity index (χ3v) is 3.67. The normalized spacial score (nSPS) is 16.5. The van der Waals surface area contributed by atoms with Crippen molar-refractivity contribution in [1.29, 1.82) is 0 Å². The van der Waals surface area contributed by atoms with Crippen molar-refractivity contribution < 1.29 is 14.7 Å². The summed E-state index contributed by atoms with van der Waals surface area (Å²) in [5.41, 5.74) is 1.73. The molecule has 0 amide bonds. The lowest BCUT2D eigenvalue weighted by Crippen LogP contribution is -2.28. The van der Waals surface area contributed by atoms with Crippen LogP contribution in [0.3, 0.4) is 0 Å². The van der Waals surface area contributed by atoms with E-state index in [9.17, 15) is 14.7 Å². The molecule has 1 aliphatic carbocycles. The van der Waals surface area contributed by atoms with Gasteiger partial charge in [0.25, 0.3) is 0 Å². The van der Waals surface area contributed by atoms with Crippen molar-refractivity contribution in [3.8, 4) is 0 Å². The summed E-state index contributed by atoms with van der Waals surface area (Å²) in [6.45, 7) is 13.7. The molecule has 21 heavy (non-hydrogen) atoms. The second-order valence-corrected chi connectivity index (χ2v) is 7.54. The van der Waals surface area contributed by atoms with E-state index in [1.807, 2.05) is 48.5 Å². The second-order valence-electron chi connectivity index (χ2n) is 7.54. The molecular weight excluding hydrogens is 264 g/mol. The van der Waals surface area contributed by atoms with Crippen molar-refractivity contribution in [2.45, 2.75) is 54.9 Å². The van der Waals surface area contributed by atoms with Crippen molar-refractivity contribution in [2.24, 2.45) is 10.8 Å². The Labute approximate surface area is 127 Å². The third kappa shape index (κ3) is 3.72. The lowest BCUT2D eigenvalue weighted by atomic mass is 9.71. The maximum atomic E-state index is 12.7. The Morgan fingerprint density at radius 3 is 1.62 bits per heavy atom. The molecule has 0 aromatic carbocycles. The van der Waals surface area contributed by atoms with Crippen LogP contribution >= 0.6 is 0 Å². The van der Waals surface area contributed by atoms with Crippen LogP contribution in [0.5, 0.6) is 0 Å². The Bertz CT molecular complexity index is 522. The number of carboxylic acids is 1. The van der Waals surface area contributed by atoms with E-state index in [0.717, 1.165) is 0 Å². The van der Waals surface area contributed by atoms with Crippen LogP contribution in [0.2, 0.25) is 0 Å². The minimum Gasteiger partial charge on any atom is -0.478 e. The van der Waals surface area contributed by atoms with Gasteiger partial charge >= 0.3 is 5.97 Å². The highest BCUT2D eigenvalue weighted by Gasteiger charge is 2.34. The summed E-state index contributed by atoms with van der Waals surface area (Å²) >= 11 is 0. The molecule has 0 heterocycles. The summed E-state index contributed by atoms with van der Waals surface area (Å²) in [7, 11) is 0. The van der Waals surface area contributed by atoms with E-state index in [2.05, 4.69) is 0 Å². The van der Waals surface area contributed by atoms with Crippen LogP contribution < -0.4 is 0 Å². The molecule has 1 aliphatic rings. The van der Waals surface area contributed by atoms with E-state index in [0.29, 0.717) is 28.7 Å². The van der Waals surface area contributed by atoms with Gasteiger partial charge < -0.3 is 5.11 Å². The van der Waals surface area contributed by atoms with Gasteiger partial charge in [0.1, 0.15) is 0 Å². The number of aliphatic carboxylic acids is 1. The maximum Gasteiger partial charge on any atom is 0.332 e. The van der Waals surface area contributed by atoms with Gasteiger partial charge in [-0.1, -0.05) is 48.5 Å². The van der Waals surface area contributed by atoms with Gasteiger partial charge in [0.05, 0.1) is 0 Å². The van der Waals surface area contributed by atoms with Crippen LogP contribution in [0.1, 0.15) is 54.9 Å². The number of carbonyl (C=O) groups is 2. The molecule has 1 rings (SSSR count). The maximum absolute atomic E-state index is 12.7. The molecule has 0 fully saturated rings. The fourth-order valence-corrected chi connectivity index (χ4v) is 2.40. The van der Waals surface area contributed by atoms with Crippen LogP contribution in [0.4, 0.5) is 0 Å². The average molecular weight is 290 g/mol. The Morgan fingerprint density at radius 2 is 1.38 bits per heavy atom. The van der Waals surface area contributed by atoms with Gasteiger partial charge in [-0.2, -0.15) is 0 Å². The molecular formula is C18H26O3. The molecule has 0 saturated carbocycles. The van der Waals surface area contributed by atoms with Crippen molar-refractivity contribution in [3.63, 3.8) is 0 Å². The van der Waals surface area contributed by atoms with Crippen LogP contribution in [0, 0.1) is 10.8 Å². The molecule has 0 aliphatic heterocycles. The highest BCUT2D eigenvalue weighted by molar-refractivity contribution is 6.12. The first kappa shape index (κ1) is 17.4. The molecule has 0 bridgehead atoms. The molecule has 0 spiro atoms. The standard InChI is InChI=1S/C18H26O3/c1-8-12(16(20)21)11-9-13(17(2,3)4)15(19)14(10-11)18(5,6)7/h9-10H,8H2,1-7H3,(H,20,21). The van der Waals surface area contributed by atoms with E-state index in [-0.39, 0.29) is 16.6 Å². The summed E-state index contributed by atoms with van der Waals surface area (Å²) in [5.74, 6) is -0.893. The van der Waals surface area contributed by atoms with Gasteiger partial charge in [0, 0.05) is 16.7 Å².